The molecule has 0 aromatic rings. The zero-order chi connectivity index (χ0) is 7.07. The maximum absolute atomic E-state index is 11.2. The van der Waals surface area contributed by atoms with E-state index in [9.17, 15) is 4.57 Å². The Morgan fingerprint density at radius 3 is 1.78 bits per heavy atom. The standard InChI is InChI=1S/C6H12ClOP/c1-5-3-9(7,8)4-6(5)2/h5-6H,3-4H2,1-2H3/t5-,6-/m0/s1. The first-order valence-electron chi connectivity index (χ1n) is 3.29. The van der Waals surface area contributed by atoms with Crippen LogP contribution in [0.1, 0.15) is 13.8 Å². The predicted octanol–water partition coefficient (Wildman–Crippen LogP) is 2.79. The van der Waals surface area contributed by atoms with Gasteiger partial charge in [-0.15, -0.1) is 0 Å². The second-order valence-electron chi connectivity index (χ2n) is 3.11. The van der Waals surface area contributed by atoms with E-state index in [4.69, 9.17) is 11.2 Å². The van der Waals surface area contributed by atoms with E-state index >= 15 is 0 Å². The summed E-state index contributed by atoms with van der Waals surface area (Å²) >= 11 is 5.71. The van der Waals surface area contributed by atoms with Crippen molar-refractivity contribution in [2.24, 2.45) is 11.8 Å². The minimum absolute atomic E-state index is 0.563. The summed E-state index contributed by atoms with van der Waals surface area (Å²) in [6, 6.07) is 0. The zero-order valence-electron chi connectivity index (χ0n) is 5.80. The van der Waals surface area contributed by atoms with Gasteiger partial charge in [-0.05, 0) is 11.8 Å². The van der Waals surface area contributed by atoms with Gasteiger partial charge in [0.05, 0.1) is 0 Å². The van der Waals surface area contributed by atoms with E-state index in [1.165, 1.54) is 0 Å². The van der Waals surface area contributed by atoms with Gasteiger partial charge < -0.3 is 4.57 Å². The van der Waals surface area contributed by atoms with Gasteiger partial charge in [-0.1, -0.05) is 25.1 Å². The molecule has 1 nitrogen and oxygen atoms in total. The molecule has 0 N–H and O–H groups in total. The second-order valence-corrected chi connectivity index (χ2v) is 7.27. The van der Waals surface area contributed by atoms with Gasteiger partial charge in [0, 0.05) is 12.3 Å². The summed E-state index contributed by atoms with van der Waals surface area (Å²) in [7, 11) is 0. The van der Waals surface area contributed by atoms with Gasteiger partial charge in [0.15, 0.2) is 6.49 Å². The fourth-order valence-electron chi connectivity index (χ4n) is 1.29. The zero-order valence-corrected chi connectivity index (χ0v) is 7.45. The molecule has 1 rings (SSSR count). The number of hydrogen-bond acceptors (Lipinski definition) is 1. The minimum Gasteiger partial charge on any atom is -0.307 e. The number of halogens is 1. The first-order chi connectivity index (χ1) is 4.01. The largest absolute Gasteiger partial charge is 0.307 e. The first kappa shape index (κ1) is 7.63. The van der Waals surface area contributed by atoms with Gasteiger partial charge in [-0.25, -0.2) is 0 Å². The van der Waals surface area contributed by atoms with Crippen molar-refractivity contribution in [1.29, 1.82) is 0 Å². The third-order valence-electron chi connectivity index (χ3n) is 2.09. The molecule has 0 bridgehead atoms. The van der Waals surface area contributed by atoms with Crippen LogP contribution in [0, 0.1) is 11.8 Å². The quantitative estimate of drug-likeness (QED) is 0.506. The van der Waals surface area contributed by atoms with Crippen LogP contribution in [0.15, 0.2) is 0 Å². The summed E-state index contributed by atoms with van der Waals surface area (Å²) in [5, 5.41) is 0. The topological polar surface area (TPSA) is 17.1 Å². The molecule has 1 fully saturated rings. The molecule has 54 valence electrons. The van der Waals surface area contributed by atoms with Crippen molar-refractivity contribution in [2.75, 3.05) is 12.3 Å². The van der Waals surface area contributed by atoms with E-state index in [1.54, 1.807) is 0 Å². The molecule has 0 spiro atoms. The molecule has 0 amide bonds. The molecular formula is C6H12ClOP. The molecule has 1 aliphatic heterocycles. The normalized spacial score (nSPS) is 41.2. The second kappa shape index (κ2) is 2.29. The lowest BCUT2D eigenvalue weighted by molar-refractivity contribution is 0.494. The van der Waals surface area contributed by atoms with Gasteiger partial charge >= 0.3 is 0 Å². The van der Waals surface area contributed by atoms with E-state index in [-0.39, 0.29) is 0 Å². The van der Waals surface area contributed by atoms with Crippen molar-refractivity contribution < 1.29 is 4.57 Å². The Balaban J connectivity index is 2.65. The lowest BCUT2D eigenvalue weighted by Gasteiger charge is -2.03. The molecule has 1 heterocycles. The van der Waals surface area contributed by atoms with Gasteiger partial charge in [-0.2, -0.15) is 0 Å². The van der Waals surface area contributed by atoms with Crippen LogP contribution in [0.3, 0.4) is 0 Å². The van der Waals surface area contributed by atoms with E-state index in [0.29, 0.717) is 11.8 Å². The summed E-state index contributed by atoms with van der Waals surface area (Å²) < 4.78 is 11.2. The van der Waals surface area contributed by atoms with Crippen LogP contribution >= 0.6 is 17.7 Å². The van der Waals surface area contributed by atoms with Gasteiger partial charge in [0.1, 0.15) is 0 Å². The number of rotatable bonds is 0. The summed E-state index contributed by atoms with van der Waals surface area (Å²) in [6.07, 6.45) is 1.49. The minimum atomic E-state index is -2.18. The highest BCUT2D eigenvalue weighted by Gasteiger charge is 2.34. The summed E-state index contributed by atoms with van der Waals surface area (Å²) in [6.45, 7) is 2.05. The Bertz CT molecular complexity index is 143. The lowest BCUT2D eigenvalue weighted by Crippen LogP contribution is -2.01. The molecule has 0 aromatic heterocycles. The van der Waals surface area contributed by atoms with Crippen LogP contribution in [0.5, 0.6) is 0 Å². The first-order valence-corrected chi connectivity index (χ1v) is 6.27. The average Bonchev–Trinajstić information content (AvgIpc) is 1.79. The summed E-state index contributed by atoms with van der Waals surface area (Å²) in [4.78, 5) is 0. The monoisotopic (exact) mass is 166 g/mol. The SMILES string of the molecule is C[C@H]1CP(=O)(Cl)C[C@@H]1C. The van der Waals surface area contributed by atoms with Gasteiger partial charge in [0.25, 0.3) is 0 Å². The molecular weight excluding hydrogens is 154 g/mol. The predicted molar refractivity (Wildman–Crippen MR) is 41.5 cm³/mol. The molecule has 1 aliphatic rings. The third-order valence-corrected chi connectivity index (χ3v) is 5.16. The molecule has 3 heteroatoms. The molecule has 1 saturated heterocycles. The molecule has 0 saturated carbocycles. The van der Waals surface area contributed by atoms with Crippen LogP contribution in [0.25, 0.3) is 0 Å². The number of hydrogen-bond donors (Lipinski definition) is 0. The Hall–Kier alpha value is 0.520. The van der Waals surface area contributed by atoms with Crippen molar-refractivity contribution in [2.45, 2.75) is 13.8 Å². The van der Waals surface area contributed by atoms with Crippen LogP contribution in [0.2, 0.25) is 0 Å². The van der Waals surface area contributed by atoms with Crippen molar-refractivity contribution in [1.82, 2.24) is 0 Å². The highest BCUT2D eigenvalue weighted by atomic mass is 35.7. The maximum Gasteiger partial charge on any atom is 0.170 e. The Morgan fingerprint density at radius 1 is 1.33 bits per heavy atom. The van der Waals surface area contributed by atoms with Crippen LogP contribution < -0.4 is 0 Å². The molecule has 0 radical (unpaired) electrons. The van der Waals surface area contributed by atoms with E-state index in [2.05, 4.69) is 13.8 Å². The average molecular weight is 167 g/mol. The maximum atomic E-state index is 11.2. The molecule has 9 heavy (non-hydrogen) atoms. The Morgan fingerprint density at radius 2 is 1.67 bits per heavy atom. The molecule has 0 unspecified atom stereocenters. The van der Waals surface area contributed by atoms with E-state index < -0.39 is 6.49 Å². The lowest BCUT2D eigenvalue weighted by atomic mass is 10.0. The van der Waals surface area contributed by atoms with Crippen molar-refractivity contribution in [3.05, 3.63) is 0 Å². The highest BCUT2D eigenvalue weighted by Crippen LogP contribution is 2.60. The Kier molecular flexibility index (Phi) is 1.94. The molecule has 0 aromatic carbocycles. The van der Waals surface area contributed by atoms with Crippen molar-refractivity contribution in [3.8, 4) is 0 Å². The summed E-state index contributed by atoms with van der Waals surface area (Å²) in [5.41, 5.74) is 0. The van der Waals surface area contributed by atoms with Crippen LogP contribution in [-0.4, -0.2) is 12.3 Å². The van der Waals surface area contributed by atoms with E-state index in [1.807, 2.05) is 0 Å². The van der Waals surface area contributed by atoms with Crippen molar-refractivity contribution >= 4 is 17.7 Å². The highest BCUT2D eigenvalue weighted by molar-refractivity contribution is 7.89. The Labute approximate surface area is 60.9 Å². The molecule has 0 aliphatic carbocycles. The van der Waals surface area contributed by atoms with Crippen LogP contribution in [0.4, 0.5) is 0 Å². The van der Waals surface area contributed by atoms with Crippen LogP contribution in [-0.2, 0) is 4.57 Å². The smallest absolute Gasteiger partial charge is 0.170 e. The fraction of sp³-hybridized carbons (Fsp3) is 1.00. The van der Waals surface area contributed by atoms with Gasteiger partial charge in [0.2, 0.25) is 0 Å². The van der Waals surface area contributed by atoms with E-state index in [0.717, 1.165) is 12.3 Å². The summed E-state index contributed by atoms with van der Waals surface area (Å²) in [5.74, 6) is 1.13. The van der Waals surface area contributed by atoms with Gasteiger partial charge in [-0.3, -0.25) is 0 Å². The molecule has 2 atom stereocenters. The van der Waals surface area contributed by atoms with Crippen molar-refractivity contribution in [3.63, 3.8) is 0 Å². The third kappa shape index (κ3) is 1.72. The fourth-order valence-corrected chi connectivity index (χ4v) is 5.19.